The molecule has 2 aromatic carbocycles. The van der Waals surface area contributed by atoms with Gasteiger partial charge in [0.25, 0.3) is 0 Å². The van der Waals surface area contributed by atoms with Crippen LogP contribution in [0.3, 0.4) is 0 Å². The second-order valence-corrected chi connectivity index (χ2v) is 7.75. The SMILES string of the molecule is CCc1cccc(C)c1NC(=O)CSc1nnc(CNc2ccc(F)cc2)n1CC. The highest BCUT2D eigenvalue weighted by Gasteiger charge is 2.14. The fraction of sp³-hybridized carbons (Fsp3) is 0.318. The first kappa shape index (κ1) is 21.8. The minimum Gasteiger partial charge on any atom is -0.378 e. The largest absolute Gasteiger partial charge is 0.378 e. The van der Waals surface area contributed by atoms with E-state index in [1.54, 1.807) is 12.1 Å². The summed E-state index contributed by atoms with van der Waals surface area (Å²) >= 11 is 1.36. The average Bonchev–Trinajstić information content (AvgIpc) is 3.15. The van der Waals surface area contributed by atoms with Gasteiger partial charge in [-0.3, -0.25) is 4.79 Å². The van der Waals surface area contributed by atoms with Crippen LogP contribution in [-0.2, 0) is 24.3 Å². The normalized spacial score (nSPS) is 10.8. The van der Waals surface area contributed by atoms with E-state index in [1.165, 1.54) is 23.9 Å². The molecule has 2 N–H and O–H groups in total. The van der Waals surface area contributed by atoms with Crippen molar-refractivity contribution in [2.24, 2.45) is 0 Å². The molecule has 0 bridgehead atoms. The van der Waals surface area contributed by atoms with Crippen molar-refractivity contribution in [3.05, 3.63) is 65.2 Å². The van der Waals surface area contributed by atoms with Crippen molar-refractivity contribution < 1.29 is 9.18 Å². The quantitative estimate of drug-likeness (QED) is 0.486. The number of benzene rings is 2. The number of nitrogens with zero attached hydrogens (tertiary/aromatic N) is 3. The Morgan fingerprint density at radius 3 is 2.60 bits per heavy atom. The van der Waals surface area contributed by atoms with Crippen LogP contribution in [0.5, 0.6) is 0 Å². The Hall–Kier alpha value is -2.87. The number of carbonyl (C=O) groups is 1. The molecule has 0 fully saturated rings. The number of aryl methyl sites for hydroxylation is 2. The third-order valence-corrected chi connectivity index (χ3v) is 5.71. The monoisotopic (exact) mass is 427 g/mol. The van der Waals surface area contributed by atoms with Gasteiger partial charge in [0.2, 0.25) is 5.91 Å². The highest BCUT2D eigenvalue weighted by atomic mass is 32.2. The molecular formula is C22H26FN5OS. The molecular weight excluding hydrogens is 401 g/mol. The summed E-state index contributed by atoms with van der Waals surface area (Å²) in [6, 6.07) is 12.2. The first-order chi connectivity index (χ1) is 14.5. The molecule has 0 radical (unpaired) electrons. The third-order valence-electron chi connectivity index (χ3n) is 4.74. The van der Waals surface area contributed by atoms with E-state index in [-0.39, 0.29) is 17.5 Å². The van der Waals surface area contributed by atoms with Crippen LogP contribution in [0.15, 0.2) is 47.6 Å². The molecule has 0 saturated carbocycles. The van der Waals surface area contributed by atoms with Gasteiger partial charge in [-0.2, -0.15) is 0 Å². The van der Waals surface area contributed by atoms with Gasteiger partial charge in [0, 0.05) is 17.9 Å². The number of nitrogens with one attached hydrogen (secondary N) is 2. The topological polar surface area (TPSA) is 71.8 Å². The van der Waals surface area contributed by atoms with Crippen LogP contribution in [0, 0.1) is 12.7 Å². The van der Waals surface area contributed by atoms with Crippen LogP contribution in [-0.4, -0.2) is 26.4 Å². The summed E-state index contributed by atoms with van der Waals surface area (Å²) in [7, 11) is 0. The first-order valence-electron chi connectivity index (χ1n) is 9.94. The standard InChI is InChI=1S/C22H26FN5OS/c1-4-16-8-6-7-15(3)21(16)25-20(29)14-30-22-27-26-19(28(22)5-2)13-24-18-11-9-17(23)10-12-18/h6-12,24H,4-5,13-14H2,1-3H3,(H,25,29). The number of para-hydroxylation sites is 1. The highest BCUT2D eigenvalue weighted by molar-refractivity contribution is 7.99. The molecule has 0 aliphatic heterocycles. The Balaban J connectivity index is 1.60. The average molecular weight is 428 g/mol. The zero-order chi connectivity index (χ0) is 21.5. The molecule has 6 nitrogen and oxygen atoms in total. The van der Waals surface area contributed by atoms with Crippen molar-refractivity contribution in [1.29, 1.82) is 0 Å². The molecule has 158 valence electrons. The zero-order valence-electron chi connectivity index (χ0n) is 17.4. The molecule has 0 aliphatic rings. The molecule has 0 aliphatic carbocycles. The van der Waals surface area contributed by atoms with Crippen LogP contribution >= 0.6 is 11.8 Å². The van der Waals surface area contributed by atoms with E-state index < -0.39 is 0 Å². The molecule has 0 saturated heterocycles. The summed E-state index contributed by atoms with van der Waals surface area (Å²) < 4.78 is 15.0. The molecule has 30 heavy (non-hydrogen) atoms. The van der Waals surface area contributed by atoms with Crippen LogP contribution < -0.4 is 10.6 Å². The summed E-state index contributed by atoms with van der Waals surface area (Å²) in [5, 5.41) is 15.4. The van der Waals surface area contributed by atoms with E-state index in [1.807, 2.05) is 36.6 Å². The van der Waals surface area contributed by atoms with E-state index in [9.17, 15) is 9.18 Å². The van der Waals surface area contributed by atoms with E-state index >= 15 is 0 Å². The number of aromatic nitrogens is 3. The van der Waals surface area contributed by atoms with Gasteiger partial charge in [-0.15, -0.1) is 10.2 Å². The molecule has 0 spiro atoms. The van der Waals surface area contributed by atoms with Crippen molar-refractivity contribution >= 4 is 29.0 Å². The molecule has 0 unspecified atom stereocenters. The Morgan fingerprint density at radius 2 is 1.90 bits per heavy atom. The van der Waals surface area contributed by atoms with Gasteiger partial charge in [-0.25, -0.2) is 4.39 Å². The van der Waals surface area contributed by atoms with Crippen molar-refractivity contribution in [2.75, 3.05) is 16.4 Å². The van der Waals surface area contributed by atoms with E-state index in [2.05, 4.69) is 27.8 Å². The van der Waals surface area contributed by atoms with Gasteiger partial charge in [0.05, 0.1) is 12.3 Å². The lowest BCUT2D eigenvalue weighted by molar-refractivity contribution is -0.113. The Bertz CT molecular complexity index is 1000. The molecule has 3 aromatic rings. The summed E-state index contributed by atoms with van der Waals surface area (Å²) in [6.45, 7) is 7.23. The lowest BCUT2D eigenvalue weighted by Crippen LogP contribution is -2.17. The highest BCUT2D eigenvalue weighted by Crippen LogP contribution is 2.23. The van der Waals surface area contributed by atoms with Crippen LogP contribution in [0.2, 0.25) is 0 Å². The second-order valence-electron chi connectivity index (χ2n) is 6.80. The second kappa shape index (κ2) is 10.2. The third kappa shape index (κ3) is 5.38. The van der Waals surface area contributed by atoms with Crippen molar-refractivity contribution in [3.8, 4) is 0 Å². The summed E-state index contributed by atoms with van der Waals surface area (Å²) in [6.07, 6.45) is 0.860. The van der Waals surface area contributed by atoms with Crippen LogP contribution in [0.1, 0.15) is 30.8 Å². The van der Waals surface area contributed by atoms with Gasteiger partial charge in [-0.05, 0) is 55.7 Å². The molecule has 8 heteroatoms. The molecule has 0 atom stereocenters. The van der Waals surface area contributed by atoms with Gasteiger partial charge >= 0.3 is 0 Å². The van der Waals surface area contributed by atoms with Gasteiger partial charge in [0.1, 0.15) is 5.82 Å². The summed E-state index contributed by atoms with van der Waals surface area (Å²) in [5.41, 5.74) is 3.88. The van der Waals surface area contributed by atoms with Gasteiger partial charge < -0.3 is 15.2 Å². The van der Waals surface area contributed by atoms with Crippen molar-refractivity contribution in [3.63, 3.8) is 0 Å². The fourth-order valence-corrected chi connectivity index (χ4v) is 3.95. The smallest absolute Gasteiger partial charge is 0.234 e. The van der Waals surface area contributed by atoms with Crippen molar-refractivity contribution in [2.45, 2.75) is 45.4 Å². The number of anilines is 2. The summed E-state index contributed by atoms with van der Waals surface area (Å²) in [4.78, 5) is 12.5. The molecule has 1 aromatic heterocycles. The van der Waals surface area contributed by atoms with Crippen LogP contribution in [0.4, 0.5) is 15.8 Å². The number of carbonyl (C=O) groups excluding carboxylic acids is 1. The van der Waals surface area contributed by atoms with Gasteiger partial charge in [0.15, 0.2) is 11.0 Å². The van der Waals surface area contributed by atoms with E-state index in [4.69, 9.17) is 0 Å². The predicted molar refractivity (Wildman–Crippen MR) is 119 cm³/mol. The van der Waals surface area contributed by atoms with Crippen molar-refractivity contribution in [1.82, 2.24) is 14.8 Å². The Kier molecular flexibility index (Phi) is 7.46. The Morgan fingerprint density at radius 1 is 1.13 bits per heavy atom. The number of thioether (sulfide) groups is 1. The zero-order valence-corrected chi connectivity index (χ0v) is 18.2. The van der Waals surface area contributed by atoms with E-state index in [0.717, 1.165) is 34.7 Å². The van der Waals surface area contributed by atoms with Gasteiger partial charge in [-0.1, -0.05) is 36.9 Å². The maximum absolute atomic E-state index is 13.0. The maximum atomic E-state index is 13.0. The molecule has 3 rings (SSSR count). The first-order valence-corrected chi connectivity index (χ1v) is 10.9. The fourth-order valence-electron chi connectivity index (χ4n) is 3.13. The lowest BCUT2D eigenvalue weighted by atomic mass is 10.1. The molecule has 1 amide bonds. The number of amides is 1. The Labute approximate surface area is 180 Å². The minimum atomic E-state index is -0.272. The lowest BCUT2D eigenvalue weighted by Gasteiger charge is -2.13. The summed E-state index contributed by atoms with van der Waals surface area (Å²) in [5.74, 6) is 0.671. The minimum absolute atomic E-state index is 0.0689. The number of hydrogen-bond donors (Lipinski definition) is 2. The molecule has 1 heterocycles. The van der Waals surface area contributed by atoms with E-state index in [0.29, 0.717) is 18.2 Å². The predicted octanol–water partition coefficient (Wildman–Crippen LogP) is 4.65. The number of rotatable bonds is 9. The van der Waals surface area contributed by atoms with Crippen LogP contribution in [0.25, 0.3) is 0 Å². The maximum Gasteiger partial charge on any atom is 0.234 e. The number of hydrogen-bond acceptors (Lipinski definition) is 5. The number of halogens is 1.